The zero-order valence-electron chi connectivity index (χ0n) is 11.4. The first-order valence-electron chi connectivity index (χ1n) is 6.38. The van der Waals surface area contributed by atoms with E-state index in [1.807, 2.05) is 31.2 Å². The molecule has 0 bridgehead atoms. The van der Waals surface area contributed by atoms with Crippen molar-refractivity contribution in [2.24, 2.45) is 0 Å². The van der Waals surface area contributed by atoms with Crippen LogP contribution in [0.3, 0.4) is 0 Å². The minimum atomic E-state index is -0.967. The Morgan fingerprint density at radius 2 is 2.14 bits per heavy atom. The van der Waals surface area contributed by atoms with E-state index in [-0.39, 0.29) is 5.69 Å². The summed E-state index contributed by atoms with van der Waals surface area (Å²) in [5.74, 6) is -0.279. The Bertz CT molecular complexity index is 701. The van der Waals surface area contributed by atoms with Gasteiger partial charge < -0.3 is 5.11 Å². The van der Waals surface area contributed by atoms with Crippen molar-refractivity contribution in [3.05, 3.63) is 52.0 Å². The van der Waals surface area contributed by atoms with Crippen LogP contribution in [-0.4, -0.2) is 25.8 Å². The molecule has 0 aliphatic carbocycles. The maximum Gasteiger partial charge on any atom is 0.343 e. The number of aliphatic carboxylic acids is 1. The van der Waals surface area contributed by atoms with Gasteiger partial charge in [-0.2, -0.15) is 0 Å². The predicted octanol–water partition coefficient (Wildman–Crippen LogP) is 1.98. The van der Waals surface area contributed by atoms with Crippen LogP contribution in [0.25, 0.3) is 6.08 Å². The van der Waals surface area contributed by atoms with E-state index in [0.29, 0.717) is 17.5 Å². The number of hydrogen-bond acceptors (Lipinski definition) is 4. The molecule has 2 aromatic rings. The Balaban J connectivity index is 2.00. The smallest absolute Gasteiger partial charge is 0.343 e. The van der Waals surface area contributed by atoms with Crippen molar-refractivity contribution in [2.75, 3.05) is 0 Å². The topological polar surface area (TPSA) is 88.0 Å². The van der Waals surface area contributed by atoms with Gasteiger partial charge in [-0.3, -0.25) is 4.57 Å². The molecule has 0 radical (unpaired) electrons. The van der Waals surface area contributed by atoms with Crippen molar-refractivity contribution in [1.82, 2.24) is 14.8 Å². The molecular weight excluding hydrogens is 290 g/mol. The van der Waals surface area contributed by atoms with Crippen LogP contribution in [0.5, 0.6) is 0 Å². The van der Waals surface area contributed by atoms with Gasteiger partial charge in [0, 0.05) is 18.4 Å². The van der Waals surface area contributed by atoms with E-state index in [4.69, 9.17) is 5.11 Å². The number of nitrogens with one attached hydrogen (secondary N) is 1. The molecule has 1 aromatic heterocycles. The van der Waals surface area contributed by atoms with Gasteiger partial charge in [-0.1, -0.05) is 36.0 Å². The number of carboxylic acid groups (broad SMARTS) is 1. The van der Waals surface area contributed by atoms with Gasteiger partial charge in [0.25, 0.3) is 0 Å². The van der Waals surface area contributed by atoms with E-state index < -0.39 is 5.97 Å². The predicted molar refractivity (Wildman–Crippen MR) is 81.2 cm³/mol. The molecule has 0 amide bonds. The number of aromatic amines is 1. The SMILES string of the molecule is CCn1c(SCc2ccc(C=CC(=O)O)cc2)n[nH]c1=O. The summed E-state index contributed by atoms with van der Waals surface area (Å²) in [7, 11) is 0. The third-order valence-electron chi connectivity index (χ3n) is 2.81. The number of hydrogen-bond donors (Lipinski definition) is 2. The molecule has 110 valence electrons. The average molecular weight is 305 g/mol. The first-order valence-corrected chi connectivity index (χ1v) is 7.36. The number of H-pyrrole nitrogens is 1. The summed E-state index contributed by atoms with van der Waals surface area (Å²) in [5, 5.41) is 15.6. The minimum absolute atomic E-state index is 0.200. The van der Waals surface area contributed by atoms with Gasteiger partial charge in [0.1, 0.15) is 0 Å². The highest BCUT2D eigenvalue weighted by Gasteiger charge is 2.07. The van der Waals surface area contributed by atoms with Crippen LogP contribution >= 0.6 is 11.8 Å². The Labute approximate surface area is 125 Å². The van der Waals surface area contributed by atoms with Crippen molar-refractivity contribution in [2.45, 2.75) is 24.4 Å². The number of carbonyl (C=O) groups is 1. The zero-order valence-corrected chi connectivity index (χ0v) is 12.3. The molecule has 0 saturated heterocycles. The number of rotatable bonds is 6. The molecule has 0 aliphatic heterocycles. The van der Waals surface area contributed by atoms with E-state index in [9.17, 15) is 9.59 Å². The third-order valence-corrected chi connectivity index (χ3v) is 3.85. The first kappa shape index (κ1) is 15.1. The van der Waals surface area contributed by atoms with Gasteiger partial charge in [-0.05, 0) is 24.1 Å². The number of aromatic nitrogens is 3. The molecule has 1 aromatic carbocycles. The van der Waals surface area contributed by atoms with Gasteiger partial charge >= 0.3 is 11.7 Å². The normalized spacial score (nSPS) is 11.1. The fourth-order valence-corrected chi connectivity index (χ4v) is 2.70. The first-order chi connectivity index (χ1) is 10.1. The van der Waals surface area contributed by atoms with Crippen molar-refractivity contribution in [3.63, 3.8) is 0 Å². The van der Waals surface area contributed by atoms with Gasteiger partial charge in [0.05, 0.1) is 0 Å². The third kappa shape index (κ3) is 4.09. The van der Waals surface area contributed by atoms with Gasteiger partial charge in [0.15, 0.2) is 5.16 Å². The molecule has 2 N–H and O–H groups in total. The van der Waals surface area contributed by atoms with E-state index in [1.165, 1.54) is 11.8 Å². The van der Waals surface area contributed by atoms with E-state index in [0.717, 1.165) is 17.2 Å². The maximum absolute atomic E-state index is 11.4. The second kappa shape index (κ2) is 6.94. The van der Waals surface area contributed by atoms with E-state index in [2.05, 4.69) is 10.2 Å². The number of carboxylic acids is 1. The molecule has 0 fully saturated rings. The average Bonchev–Trinajstić information content (AvgIpc) is 2.84. The highest BCUT2D eigenvalue weighted by atomic mass is 32.2. The Morgan fingerprint density at radius 3 is 2.76 bits per heavy atom. The Morgan fingerprint density at radius 1 is 1.43 bits per heavy atom. The Hall–Kier alpha value is -2.28. The highest BCUT2D eigenvalue weighted by Crippen LogP contribution is 2.20. The number of thioether (sulfide) groups is 1. The van der Waals surface area contributed by atoms with Gasteiger partial charge in [-0.25, -0.2) is 14.7 Å². The minimum Gasteiger partial charge on any atom is -0.478 e. The van der Waals surface area contributed by atoms with Crippen LogP contribution in [0.1, 0.15) is 18.1 Å². The van der Waals surface area contributed by atoms with Crippen LogP contribution < -0.4 is 5.69 Å². The van der Waals surface area contributed by atoms with E-state index >= 15 is 0 Å². The summed E-state index contributed by atoms with van der Waals surface area (Å²) >= 11 is 1.48. The highest BCUT2D eigenvalue weighted by molar-refractivity contribution is 7.98. The fraction of sp³-hybridized carbons (Fsp3) is 0.214. The van der Waals surface area contributed by atoms with Crippen LogP contribution in [0.15, 0.2) is 40.3 Å². The molecule has 0 aliphatic rings. The van der Waals surface area contributed by atoms with Crippen molar-refractivity contribution >= 4 is 23.8 Å². The van der Waals surface area contributed by atoms with Gasteiger partial charge in [0.2, 0.25) is 0 Å². The van der Waals surface area contributed by atoms with Crippen molar-refractivity contribution < 1.29 is 9.90 Å². The lowest BCUT2D eigenvalue weighted by Crippen LogP contribution is -2.16. The molecule has 0 unspecified atom stereocenters. The fourth-order valence-electron chi connectivity index (χ4n) is 1.73. The van der Waals surface area contributed by atoms with Crippen LogP contribution in [-0.2, 0) is 17.1 Å². The van der Waals surface area contributed by atoms with Gasteiger partial charge in [-0.15, -0.1) is 5.10 Å². The van der Waals surface area contributed by atoms with Crippen LogP contribution in [0, 0.1) is 0 Å². The lowest BCUT2D eigenvalue weighted by molar-refractivity contribution is -0.131. The molecule has 21 heavy (non-hydrogen) atoms. The maximum atomic E-state index is 11.4. The monoisotopic (exact) mass is 305 g/mol. The zero-order chi connectivity index (χ0) is 15.2. The molecule has 1 heterocycles. The molecular formula is C14H15N3O3S. The van der Waals surface area contributed by atoms with Crippen molar-refractivity contribution in [1.29, 1.82) is 0 Å². The van der Waals surface area contributed by atoms with Crippen LogP contribution in [0.4, 0.5) is 0 Å². The molecule has 2 rings (SSSR count). The van der Waals surface area contributed by atoms with Crippen LogP contribution in [0.2, 0.25) is 0 Å². The standard InChI is InChI=1S/C14H15N3O3S/c1-2-17-13(20)15-16-14(17)21-9-11-5-3-10(4-6-11)7-8-12(18)19/h3-8H,2,9H2,1H3,(H,15,20)(H,18,19). The molecule has 0 saturated carbocycles. The number of nitrogens with zero attached hydrogens (tertiary/aromatic N) is 2. The second-order valence-corrected chi connectivity index (χ2v) is 5.20. The quantitative estimate of drug-likeness (QED) is 0.629. The Kier molecular flexibility index (Phi) is 4.99. The lowest BCUT2D eigenvalue weighted by atomic mass is 10.1. The summed E-state index contributed by atoms with van der Waals surface area (Å²) in [6.07, 6.45) is 2.65. The molecule has 7 heteroatoms. The summed E-state index contributed by atoms with van der Waals surface area (Å²) in [5.41, 5.74) is 1.70. The van der Waals surface area contributed by atoms with E-state index in [1.54, 1.807) is 10.6 Å². The number of benzene rings is 1. The van der Waals surface area contributed by atoms with Crippen molar-refractivity contribution in [3.8, 4) is 0 Å². The summed E-state index contributed by atoms with van der Waals surface area (Å²) < 4.78 is 1.58. The largest absolute Gasteiger partial charge is 0.478 e. The second-order valence-electron chi connectivity index (χ2n) is 4.26. The summed E-state index contributed by atoms with van der Waals surface area (Å²) in [4.78, 5) is 21.9. The summed E-state index contributed by atoms with van der Waals surface area (Å²) in [6, 6.07) is 7.56. The molecule has 6 nitrogen and oxygen atoms in total. The molecule has 0 atom stereocenters. The summed E-state index contributed by atoms with van der Waals surface area (Å²) in [6.45, 7) is 2.47. The lowest BCUT2D eigenvalue weighted by Gasteiger charge is -2.03. The molecule has 0 spiro atoms.